The third kappa shape index (κ3) is 3.36. The van der Waals surface area contributed by atoms with Crippen molar-refractivity contribution in [3.63, 3.8) is 0 Å². The molecule has 10 heteroatoms. The number of rotatable bonds is 4. The average molecular weight is 413 g/mol. The first kappa shape index (κ1) is 18.2. The van der Waals surface area contributed by atoms with Crippen LogP contribution in [0.5, 0.6) is 0 Å². The lowest BCUT2D eigenvalue weighted by atomic mass is 10.1. The van der Waals surface area contributed by atoms with E-state index in [9.17, 15) is 9.50 Å². The molecule has 4 rings (SSSR count). The van der Waals surface area contributed by atoms with Crippen LogP contribution in [0.2, 0.25) is 5.02 Å². The maximum Gasteiger partial charge on any atom is 0.151 e. The van der Waals surface area contributed by atoms with Gasteiger partial charge in [-0.1, -0.05) is 11.6 Å². The van der Waals surface area contributed by atoms with Gasteiger partial charge in [-0.3, -0.25) is 0 Å². The number of hydrogen-bond acceptors (Lipinski definition) is 8. The standard InChI is InChI=1S/C18H10ClFN6OS/c19-11-3-9(6-21)4-12(20)15(11)18-25-13-1-2-22-17(16(13)28-18)26-14-5-10(7-27)23-8-24-14/h1-5,8,27H,7H2,(H,22,23,24,26). The van der Waals surface area contributed by atoms with Gasteiger partial charge in [-0.15, -0.1) is 11.3 Å². The third-order valence-corrected chi connectivity index (χ3v) is 5.22. The number of halogens is 2. The zero-order chi connectivity index (χ0) is 19.7. The summed E-state index contributed by atoms with van der Waals surface area (Å²) >= 11 is 7.39. The van der Waals surface area contributed by atoms with Gasteiger partial charge >= 0.3 is 0 Å². The molecule has 0 atom stereocenters. The third-order valence-electron chi connectivity index (χ3n) is 3.82. The van der Waals surface area contributed by atoms with Crippen LogP contribution in [0.1, 0.15) is 11.3 Å². The Balaban J connectivity index is 1.79. The molecule has 0 saturated heterocycles. The van der Waals surface area contributed by atoms with E-state index in [1.807, 2.05) is 6.07 Å². The molecule has 0 bridgehead atoms. The number of hydrogen-bond donors (Lipinski definition) is 2. The van der Waals surface area contributed by atoms with Crippen LogP contribution in [0.15, 0.2) is 36.8 Å². The van der Waals surface area contributed by atoms with Crippen molar-refractivity contribution in [3.8, 4) is 16.6 Å². The number of aliphatic hydroxyl groups excluding tert-OH is 1. The first-order valence-corrected chi connectivity index (χ1v) is 9.12. The number of fused-ring (bicyclic) bond motifs is 1. The fraction of sp³-hybridized carbons (Fsp3) is 0.0556. The molecule has 2 N–H and O–H groups in total. The van der Waals surface area contributed by atoms with E-state index in [0.29, 0.717) is 32.6 Å². The van der Waals surface area contributed by atoms with E-state index in [2.05, 4.69) is 25.3 Å². The van der Waals surface area contributed by atoms with Crippen LogP contribution in [-0.4, -0.2) is 25.0 Å². The Morgan fingerprint density at radius 2 is 2.11 bits per heavy atom. The SMILES string of the molecule is N#Cc1cc(F)c(-c2nc3ccnc(Nc4cc(CO)ncn4)c3s2)c(Cl)c1. The number of nitrogens with zero attached hydrogens (tertiary/aromatic N) is 5. The molecule has 0 saturated carbocycles. The number of aromatic nitrogens is 4. The second-order valence-electron chi connectivity index (χ2n) is 5.63. The lowest BCUT2D eigenvalue weighted by Crippen LogP contribution is -1.99. The molecule has 4 aromatic rings. The van der Waals surface area contributed by atoms with E-state index in [-0.39, 0.29) is 22.8 Å². The van der Waals surface area contributed by atoms with Gasteiger partial charge in [0.2, 0.25) is 0 Å². The fourth-order valence-electron chi connectivity index (χ4n) is 2.57. The number of pyridine rings is 1. The maximum absolute atomic E-state index is 14.5. The van der Waals surface area contributed by atoms with Crippen LogP contribution in [0.25, 0.3) is 20.8 Å². The Kier molecular flexibility index (Phi) is 4.83. The summed E-state index contributed by atoms with van der Waals surface area (Å²) in [5, 5.41) is 21.7. The summed E-state index contributed by atoms with van der Waals surface area (Å²) in [6.07, 6.45) is 2.90. The quantitative estimate of drug-likeness (QED) is 0.520. The van der Waals surface area contributed by atoms with E-state index < -0.39 is 5.82 Å². The molecule has 0 spiro atoms. The van der Waals surface area contributed by atoms with Gasteiger partial charge in [-0.2, -0.15) is 5.26 Å². The Hall–Kier alpha value is -3.19. The zero-order valence-corrected chi connectivity index (χ0v) is 15.6. The maximum atomic E-state index is 14.5. The summed E-state index contributed by atoms with van der Waals surface area (Å²) in [6, 6.07) is 7.70. The molecule has 0 amide bonds. The van der Waals surface area contributed by atoms with E-state index in [4.69, 9.17) is 16.9 Å². The molecular weight excluding hydrogens is 403 g/mol. The van der Waals surface area contributed by atoms with Crippen LogP contribution in [0.3, 0.4) is 0 Å². The molecule has 3 heterocycles. The van der Waals surface area contributed by atoms with Crippen LogP contribution >= 0.6 is 22.9 Å². The Labute approximate surface area is 167 Å². The molecular formula is C18H10ClFN6OS. The van der Waals surface area contributed by atoms with Gasteiger partial charge in [0.25, 0.3) is 0 Å². The smallest absolute Gasteiger partial charge is 0.151 e. The molecule has 0 radical (unpaired) electrons. The van der Waals surface area contributed by atoms with Gasteiger partial charge in [-0.25, -0.2) is 24.3 Å². The van der Waals surface area contributed by atoms with Gasteiger partial charge < -0.3 is 10.4 Å². The predicted octanol–water partition coefficient (Wildman–Crippen LogP) is 4.05. The molecule has 0 fully saturated rings. The minimum atomic E-state index is -0.617. The Morgan fingerprint density at radius 1 is 1.25 bits per heavy atom. The highest BCUT2D eigenvalue weighted by Crippen LogP contribution is 2.39. The minimum absolute atomic E-state index is 0.112. The first-order valence-electron chi connectivity index (χ1n) is 7.93. The summed E-state index contributed by atoms with van der Waals surface area (Å²) < 4.78 is 15.2. The van der Waals surface area contributed by atoms with E-state index in [0.717, 1.165) is 6.07 Å². The van der Waals surface area contributed by atoms with E-state index in [1.54, 1.807) is 18.3 Å². The van der Waals surface area contributed by atoms with Gasteiger partial charge in [0.05, 0.1) is 44.7 Å². The Bertz CT molecular complexity index is 1220. The van der Waals surface area contributed by atoms with Crippen molar-refractivity contribution in [1.29, 1.82) is 5.26 Å². The topological polar surface area (TPSA) is 108 Å². The zero-order valence-electron chi connectivity index (χ0n) is 14.0. The summed E-state index contributed by atoms with van der Waals surface area (Å²) in [7, 11) is 0. The summed E-state index contributed by atoms with van der Waals surface area (Å²) in [5.74, 6) is 0.319. The van der Waals surface area contributed by atoms with Crippen molar-refractivity contribution in [2.75, 3.05) is 5.32 Å². The second kappa shape index (κ2) is 7.44. The highest BCUT2D eigenvalue weighted by Gasteiger charge is 2.18. The van der Waals surface area contributed by atoms with Crippen molar-refractivity contribution < 1.29 is 9.50 Å². The highest BCUT2D eigenvalue weighted by molar-refractivity contribution is 7.22. The van der Waals surface area contributed by atoms with E-state index in [1.165, 1.54) is 23.7 Å². The molecule has 138 valence electrons. The molecule has 7 nitrogen and oxygen atoms in total. The lowest BCUT2D eigenvalue weighted by molar-refractivity contribution is 0.276. The number of nitriles is 1. The molecule has 0 aliphatic carbocycles. The monoisotopic (exact) mass is 412 g/mol. The number of thiazole rings is 1. The molecule has 3 aromatic heterocycles. The Morgan fingerprint density at radius 3 is 2.86 bits per heavy atom. The van der Waals surface area contributed by atoms with E-state index >= 15 is 0 Å². The number of aliphatic hydroxyl groups is 1. The van der Waals surface area contributed by atoms with Crippen LogP contribution < -0.4 is 5.32 Å². The highest BCUT2D eigenvalue weighted by atomic mass is 35.5. The van der Waals surface area contributed by atoms with Crippen molar-refractivity contribution in [2.24, 2.45) is 0 Å². The van der Waals surface area contributed by atoms with Crippen LogP contribution in [0, 0.1) is 17.1 Å². The predicted molar refractivity (Wildman–Crippen MR) is 104 cm³/mol. The first-order chi connectivity index (χ1) is 13.6. The lowest BCUT2D eigenvalue weighted by Gasteiger charge is -2.05. The van der Waals surface area contributed by atoms with Gasteiger partial charge in [0, 0.05) is 12.3 Å². The van der Waals surface area contributed by atoms with Crippen molar-refractivity contribution in [1.82, 2.24) is 19.9 Å². The fourth-order valence-corrected chi connectivity index (χ4v) is 3.99. The molecule has 28 heavy (non-hydrogen) atoms. The average Bonchev–Trinajstić information content (AvgIpc) is 3.12. The van der Waals surface area contributed by atoms with Crippen LogP contribution in [0.4, 0.5) is 16.0 Å². The van der Waals surface area contributed by atoms with Gasteiger partial charge in [-0.05, 0) is 18.2 Å². The molecule has 0 aliphatic heterocycles. The molecule has 0 aliphatic rings. The summed E-state index contributed by atoms with van der Waals surface area (Å²) in [5.41, 5.74) is 1.34. The van der Waals surface area contributed by atoms with Crippen molar-refractivity contribution >= 4 is 44.8 Å². The second-order valence-corrected chi connectivity index (χ2v) is 7.04. The van der Waals surface area contributed by atoms with Gasteiger partial charge in [0.15, 0.2) is 5.82 Å². The number of nitrogens with one attached hydrogen (secondary N) is 1. The summed E-state index contributed by atoms with van der Waals surface area (Å²) in [4.78, 5) is 16.8. The normalized spacial score (nSPS) is 10.8. The van der Waals surface area contributed by atoms with Gasteiger partial charge in [0.1, 0.15) is 23.0 Å². The minimum Gasteiger partial charge on any atom is -0.390 e. The number of benzene rings is 1. The number of anilines is 2. The molecule has 1 aromatic carbocycles. The largest absolute Gasteiger partial charge is 0.390 e. The van der Waals surface area contributed by atoms with Crippen molar-refractivity contribution in [3.05, 3.63) is 58.9 Å². The summed E-state index contributed by atoms with van der Waals surface area (Å²) in [6.45, 7) is -0.212. The van der Waals surface area contributed by atoms with Crippen molar-refractivity contribution in [2.45, 2.75) is 6.61 Å². The molecule has 0 unspecified atom stereocenters. The van der Waals surface area contributed by atoms with Crippen LogP contribution in [-0.2, 0) is 6.61 Å².